The first kappa shape index (κ1) is 21.2. The van der Waals surface area contributed by atoms with Crippen molar-refractivity contribution in [1.82, 2.24) is 0 Å². The minimum atomic E-state index is -1.03. The molecule has 0 rings (SSSR count). The topological polar surface area (TPSA) is 57.5 Å². The summed E-state index contributed by atoms with van der Waals surface area (Å²) in [5, 5.41) is 17.8. The number of rotatable bonds is 14. The Morgan fingerprint density at radius 2 is 1.39 bits per heavy atom. The maximum atomic E-state index is 10.2. The first-order valence-corrected chi connectivity index (χ1v) is 8.80. The number of allylic oxidation sites excluding steroid dienone is 6. The fraction of sp³-hybridized carbons (Fsp3) is 0.550. The molecule has 0 aromatic heterocycles. The van der Waals surface area contributed by atoms with Gasteiger partial charge in [-0.1, -0.05) is 82.6 Å². The Bertz CT molecular complexity index is 403. The minimum absolute atomic E-state index is 0.0372. The third-order valence-corrected chi connectivity index (χ3v) is 3.49. The van der Waals surface area contributed by atoms with E-state index >= 15 is 0 Å². The molecular weight excluding hydrogens is 288 g/mol. The van der Waals surface area contributed by atoms with Gasteiger partial charge in [-0.05, 0) is 25.0 Å². The van der Waals surface area contributed by atoms with Crippen molar-refractivity contribution in [3.8, 4) is 0 Å². The van der Waals surface area contributed by atoms with Gasteiger partial charge in [0.05, 0.1) is 0 Å². The van der Waals surface area contributed by atoms with Crippen LogP contribution in [0.25, 0.3) is 0 Å². The SMILES string of the molecule is CCCCCCCCCCC/C=C\C=C\C(O)=CC=CC(=O)O. The zero-order chi connectivity index (χ0) is 17.2. The number of hydrogen-bond donors (Lipinski definition) is 2. The van der Waals surface area contributed by atoms with Crippen LogP contribution in [0.15, 0.2) is 48.3 Å². The number of aliphatic carboxylic acids is 1. The van der Waals surface area contributed by atoms with E-state index in [9.17, 15) is 9.90 Å². The summed E-state index contributed by atoms with van der Waals surface area (Å²) >= 11 is 0. The van der Waals surface area contributed by atoms with Crippen LogP contribution in [0.5, 0.6) is 0 Å². The molecule has 0 fully saturated rings. The van der Waals surface area contributed by atoms with Gasteiger partial charge in [-0.25, -0.2) is 4.79 Å². The van der Waals surface area contributed by atoms with E-state index in [0.717, 1.165) is 12.5 Å². The van der Waals surface area contributed by atoms with Crippen LogP contribution in [0.1, 0.15) is 71.1 Å². The van der Waals surface area contributed by atoms with Gasteiger partial charge in [-0.2, -0.15) is 0 Å². The van der Waals surface area contributed by atoms with E-state index in [1.807, 2.05) is 6.08 Å². The molecule has 2 N–H and O–H groups in total. The lowest BCUT2D eigenvalue weighted by Crippen LogP contribution is -1.84. The van der Waals surface area contributed by atoms with Crippen LogP contribution >= 0.6 is 0 Å². The van der Waals surface area contributed by atoms with E-state index in [1.54, 1.807) is 12.2 Å². The van der Waals surface area contributed by atoms with Crippen molar-refractivity contribution in [3.63, 3.8) is 0 Å². The lowest BCUT2D eigenvalue weighted by atomic mass is 10.1. The van der Waals surface area contributed by atoms with Crippen LogP contribution in [-0.4, -0.2) is 16.2 Å². The molecule has 0 aliphatic carbocycles. The standard InChI is InChI=1S/C20H32O3/c1-2-3-4-5-6-7-8-9-10-11-12-13-14-16-19(21)17-15-18-20(22)23/h12-18,21H,2-11H2,1H3,(H,22,23)/b13-12-,16-14+,18-15?,19-17?. The van der Waals surface area contributed by atoms with E-state index in [-0.39, 0.29) is 5.76 Å². The van der Waals surface area contributed by atoms with Crippen LogP contribution in [0.3, 0.4) is 0 Å². The Labute approximate surface area is 141 Å². The molecule has 3 nitrogen and oxygen atoms in total. The number of carboxylic acid groups (broad SMARTS) is 1. The van der Waals surface area contributed by atoms with Gasteiger partial charge in [0.2, 0.25) is 0 Å². The molecule has 0 heterocycles. The highest BCUT2D eigenvalue weighted by atomic mass is 16.4. The van der Waals surface area contributed by atoms with Crippen molar-refractivity contribution < 1.29 is 15.0 Å². The third-order valence-electron chi connectivity index (χ3n) is 3.49. The van der Waals surface area contributed by atoms with Gasteiger partial charge in [-0.3, -0.25) is 0 Å². The Hall–Kier alpha value is -1.77. The molecule has 0 spiro atoms. The molecule has 0 aliphatic rings. The zero-order valence-electron chi connectivity index (χ0n) is 14.4. The van der Waals surface area contributed by atoms with Crippen LogP contribution < -0.4 is 0 Å². The largest absolute Gasteiger partial charge is 0.508 e. The minimum Gasteiger partial charge on any atom is -0.508 e. The van der Waals surface area contributed by atoms with Crippen LogP contribution in [0.4, 0.5) is 0 Å². The average Bonchev–Trinajstić information content (AvgIpc) is 2.51. The molecule has 0 amide bonds. The smallest absolute Gasteiger partial charge is 0.328 e. The Morgan fingerprint density at radius 3 is 2.00 bits per heavy atom. The second-order valence-electron chi connectivity index (χ2n) is 5.69. The first-order valence-electron chi connectivity index (χ1n) is 8.80. The highest BCUT2D eigenvalue weighted by Crippen LogP contribution is 2.10. The van der Waals surface area contributed by atoms with Crippen molar-refractivity contribution in [2.24, 2.45) is 0 Å². The van der Waals surface area contributed by atoms with Gasteiger partial charge in [0, 0.05) is 6.08 Å². The number of aliphatic hydroxyl groups is 1. The predicted octanol–water partition coefficient (Wildman–Crippen LogP) is 6.10. The van der Waals surface area contributed by atoms with Gasteiger partial charge in [-0.15, -0.1) is 0 Å². The predicted molar refractivity (Wildman–Crippen MR) is 97.6 cm³/mol. The highest BCUT2D eigenvalue weighted by Gasteiger charge is 1.91. The van der Waals surface area contributed by atoms with Gasteiger partial charge >= 0.3 is 5.97 Å². The summed E-state index contributed by atoms with van der Waals surface area (Å²) in [7, 11) is 0. The van der Waals surface area contributed by atoms with Crippen molar-refractivity contribution in [1.29, 1.82) is 0 Å². The zero-order valence-corrected chi connectivity index (χ0v) is 14.4. The molecule has 3 heteroatoms. The highest BCUT2D eigenvalue weighted by molar-refractivity contribution is 5.80. The van der Waals surface area contributed by atoms with Crippen molar-refractivity contribution in [3.05, 3.63) is 48.3 Å². The lowest BCUT2D eigenvalue weighted by molar-refractivity contribution is -0.131. The Kier molecular flexibility index (Phi) is 15.3. The Balaban J connectivity index is 3.53. The first-order chi connectivity index (χ1) is 11.2. The number of aliphatic hydroxyl groups excluding tert-OH is 1. The Morgan fingerprint density at radius 1 is 0.783 bits per heavy atom. The molecule has 0 saturated heterocycles. The molecule has 0 aromatic rings. The maximum Gasteiger partial charge on any atom is 0.328 e. The van der Waals surface area contributed by atoms with Crippen molar-refractivity contribution >= 4 is 5.97 Å². The van der Waals surface area contributed by atoms with Gasteiger partial charge in [0.1, 0.15) is 5.76 Å². The fourth-order valence-electron chi connectivity index (χ4n) is 2.19. The summed E-state index contributed by atoms with van der Waals surface area (Å²) in [5.74, 6) is -0.992. The molecular formula is C20H32O3. The van der Waals surface area contributed by atoms with Crippen molar-refractivity contribution in [2.45, 2.75) is 71.1 Å². The van der Waals surface area contributed by atoms with Crippen LogP contribution in [-0.2, 0) is 4.79 Å². The third kappa shape index (κ3) is 18.2. The molecule has 0 atom stereocenters. The van der Waals surface area contributed by atoms with Crippen LogP contribution in [0.2, 0.25) is 0 Å². The molecule has 0 unspecified atom stereocenters. The molecule has 0 bridgehead atoms. The summed E-state index contributed by atoms with van der Waals surface area (Å²) in [6, 6.07) is 0. The van der Waals surface area contributed by atoms with Gasteiger partial charge in [0.15, 0.2) is 0 Å². The van der Waals surface area contributed by atoms with Crippen molar-refractivity contribution in [2.75, 3.05) is 0 Å². The number of carboxylic acids is 1. The average molecular weight is 320 g/mol. The summed E-state index contributed by atoms with van der Waals surface area (Å²) in [5.41, 5.74) is 0. The maximum absolute atomic E-state index is 10.2. The summed E-state index contributed by atoms with van der Waals surface area (Å²) in [6.45, 7) is 2.25. The fourth-order valence-corrected chi connectivity index (χ4v) is 2.19. The van der Waals surface area contributed by atoms with Gasteiger partial charge in [0.25, 0.3) is 0 Å². The molecule has 130 valence electrons. The van der Waals surface area contributed by atoms with E-state index in [4.69, 9.17) is 5.11 Å². The van der Waals surface area contributed by atoms with E-state index in [0.29, 0.717) is 0 Å². The molecule has 0 radical (unpaired) electrons. The summed E-state index contributed by atoms with van der Waals surface area (Å²) in [4.78, 5) is 10.2. The number of unbranched alkanes of at least 4 members (excludes halogenated alkanes) is 9. The van der Waals surface area contributed by atoms with E-state index < -0.39 is 5.97 Å². The second kappa shape index (κ2) is 16.6. The van der Waals surface area contributed by atoms with E-state index in [2.05, 4.69) is 13.0 Å². The normalized spacial score (nSPS) is 12.8. The molecule has 0 aromatic carbocycles. The lowest BCUT2D eigenvalue weighted by Gasteiger charge is -2.00. The molecule has 0 saturated carbocycles. The quantitative estimate of drug-likeness (QED) is 0.176. The monoisotopic (exact) mass is 320 g/mol. The number of carbonyl (C=O) groups is 1. The molecule has 0 aliphatic heterocycles. The van der Waals surface area contributed by atoms with Gasteiger partial charge < -0.3 is 10.2 Å². The number of hydrogen-bond acceptors (Lipinski definition) is 2. The summed E-state index contributed by atoms with van der Waals surface area (Å²) < 4.78 is 0. The second-order valence-corrected chi connectivity index (χ2v) is 5.69. The van der Waals surface area contributed by atoms with E-state index in [1.165, 1.54) is 69.9 Å². The molecule has 23 heavy (non-hydrogen) atoms. The summed E-state index contributed by atoms with van der Waals surface area (Å²) in [6.07, 6.45) is 24.0. The van der Waals surface area contributed by atoms with Crippen LogP contribution in [0, 0.1) is 0 Å².